The van der Waals surface area contributed by atoms with E-state index in [2.05, 4.69) is 72.7 Å². The molecule has 0 aliphatic heterocycles. The molecule has 2 aromatic heterocycles. The molecule has 2 rings (SSSR count). The Hall–Kier alpha value is -1.39. The molecular weight excluding hydrogens is 278 g/mol. The lowest BCUT2D eigenvalue weighted by atomic mass is 10.1. The third-order valence-electron chi connectivity index (χ3n) is 3.88. The fourth-order valence-corrected chi connectivity index (χ4v) is 3.23. The second kappa shape index (κ2) is 7.57. The first-order chi connectivity index (χ1) is 10.1. The molecule has 0 aliphatic carbocycles. The highest BCUT2D eigenvalue weighted by Crippen LogP contribution is 2.21. The number of nitrogens with one attached hydrogen (secondary N) is 1. The monoisotopic (exact) mass is 303 g/mol. The van der Waals surface area contributed by atoms with Crippen LogP contribution in [-0.2, 0) is 6.42 Å². The van der Waals surface area contributed by atoms with Gasteiger partial charge in [-0.3, -0.25) is 0 Å². The van der Waals surface area contributed by atoms with Crippen molar-refractivity contribution in [3.8, 4) is 0 Å². The standard InChI is InChI=1S/C17H25N3S/c1-5-18-14(3)15-8-9-19-17(12-15)20(4)13(2)11-16-7-6-10-21-16/h6-10,12-14,18H,5,11H2,1-4H3. The number of nitrogens with zero attached hydrogens (tertiary/aromatic N) is 2. The van der Waals surface area contributed by atoms with Gasteiger partial charge in [-0.05, 0) is 49.5 Å². The summed E-state index contributed by atoms with van der Waals surface area (Å²) in [6.07, 6.45) is 2.97. The quantitative estimate of drug-likeness (QED) is 0.841. The van der Waals surface area contributed by atoms with E-state index in [4.69, 9.17) is 0 Å². The Morgan fingerprint density at radius 1 is 1.33 bits per heavy atom. The number of hydrogen-bond acceptors (Lipinski definition) is 4. The van der Waals surface area contributed by atoms with Crippen molar-refractivity contribution in [1.29, 1.82) is 0 Å². The maximum absolute atomic E-state index is 4.53. The maximum atomic E-state index is 4.53. The average Bonchev–Trinajstić information content (AvgIpc) is 2.99. The lowest BCUT2D eigenvalue weighted by Gasteiger charge is -2.26. The van der Waals surface area contributed by atoms with Crippen LogP contribution < -0.4 is 10.2 Å². The summed E-state index contributed by atoms with van der Waals surface area (Å²) in [6, 6.07) is 9.39. The number of rotatable bonds is 7. The normalized spacial score (nSPS) is 13.9. The molecule has 4 heteroatoms. The second-order valence-electron chi connectivity index (χ2n) is 5.47. The van der Waals surface area contributed by atoms with E-state index in [9.17, 15) is 0 Å². The second-order valence-corrected chi connectivity index (χ2v) is 6.50. The molecule has 2 heterocycles. The molecule has 2 unspecified atom stereocenters. The van der Waals surface area contributed by atoms with Crippen LogP contribution in [0.1, 0.15) is 37.3 Å². The SMILES string of the molecule is CCNC(C)c1ccnc(N(C)C(C)Cc2cccs2)c1. The molecule has 0 fully saturated rings. The van der Waals surface area contributed by atoms with Crippen LogP contribution in [0, 0.1) is 0 Å². The van der Waals surface area contributed by atoms with Gasteiger partial charge in [0.1, 0.15) is 5.82 Å². The molecule has 2 atom stereocenters. The molecule has 3 nitrogen and oxygen atoms in total. The van der Waals surface area contributed by atoms with Gasteiger partial charge in [0.2, 0.25) is 0 Å². The zero-order chi connectivity index (χ0) is 15.2. The van der Waals surface area contributed by atoms with Gasteiger partial charge in [-0.15, -0.1) is 11.3 Å². The summed E-state index contributed by atoms with van der Waals surface area (Å²) in [4.78, 5) is 8.22. The minimum Gasteiger partial charge on any atom is -0.357 e. The van der Waals surface area contributed by atoms with Gasteiger partial charge in [0.25, 0.3) is 0 Å². The highest BCUT2D eigenvalue weighted by atomic mass is 32.1. The lowest BCUT2D eigenvalue weighted by molar-refractivity contribution is 0.596. The van der Waals surface area contributed by atoms with Crippen LogP contribution in [0.4, 0.5) is 5.82 Å². The van der Waals surface area contributed by atoms with E-state index in [1.165, 1.54) is 10.4 Å². The number of likely N-dealkylation sites (N-methyl/N-ethyl adjacent to an activating group) is 1. The number of hydrogen-bond donors (Lipinski definition) is 1. The van der Waals surface area contributed by atoms with Crippen molar-refractivity contribution < 1.29 is 0 Å². The molecule has 0 aromatic carbocycles. The van der Waals surface area contributed by atoms with Gasteiger partial charge in [0, 0.05) is 36.6 Å². The van der Waals surface area contributed by atoms with Crippen molar-refractivity contribution >= 4 is 17.2 Å². The highest BCUT2D eigenvalue weighted by Gasteiger charge is 2.14. The van der Waals surface area contributed by atoms with Crippen LogP contribution in [0.3, 0.4) is 0 Å². The Bertz CT molecular complexity index is 539. The van der Waals surface area contributed by atoms with Crippen molar-refractivity contribution in [2.45, 2.75) is 39.3 Å². The van der Waals surface area contributed by atoms with Gasteiger partial charge in [-0.2, -0.15) is 0 Å². The Labute approximate surface area is 132 Å². The smallest absolute Gasteiger partial charge is 0.128 e. The van der Waals surface area contributed by atoms with Crippen LogP contribution in [0.25, 0.3) is 0 Å². The van der Waals surface area contributed by atoms with E-state index in [-0.39, 0.29) is 0 Å². The average molecular weight is 303 g/mol. The highest BCUT2D eigenvalue weighted by molar-refractivity contribution is 7.09. The number of thiophene rings is 1. The predicted molar refractivity (Wildman–Crippen MR) is 92.2 cm³/mol. The lowest BCUT2D eigenvalue weighted by Crippen LogP contribution is -2.31. The first-order valence-corrected chi connectivity index (χ1v) is 8.44. The van der Waals surface area contributed by atoms with Crippen LogP contribution in [0.5, 0.6) is 0 Å². The molecule has 0 aliphatic rings. The van der Waals surface area contributed by atoms with Crippen LogP contribution in [0.15, 0.2) is 35.8 Å². The summed E-state index contributed by atoms with van der Waals surface area (Å²) >= 11 is 1.82. The van der Waals surface area contributed by atoms with Gasteiger partial charge >= 0.3 is 0 Å². The Morgan fingerprint density at radius 2 is 2.14 bits per heavy atom. The Kier molecular flexibility index (Phi) is 5.76. The molecule has 1 N–H and O–H groups in total. The molecule has 0 radical (unpaired) electrons. The van der Waals surface area contributed by atoms with Crippen molar-refractivity contribution in [3.63, 3.8) is 0 Å². The van der Waals surface area contributed by atoms with Gasteiger partial charge < -0.3 is 10.2 Å². The topological polar surface area (TPSA) is 28.2 Å². The molecule has 114 valence electrons. The third kappa shape index (κ3) is 4.29. The summed E-state index contributed by atoms with van der Waals surface area (Å²) in [5, 5.41) is 5.59. The van der Waals surface area contributed by atoms with E-state index in [0.29, 0.717) is 12.1 Å². The maximum Gasteiger partial charge on any atom is 0.128 e. The van der Waals surface area contributed by atoms with Crippen molar-refractivity contribution in [3.05, 3.63) is 46.3 Å². The first kappa shape index (κ1) is 16.0. The van der Waals surface area contributed by atoms with Crippen molar-refractivity contribution in [1.82, 2.24) is 10.3 Å². The summed E-state index contributed by atoms with van der Waals surface area (Å²) in [5.74, 6) is 1.04. The minimum absolute atomic E-state index is 0.359. The molecule has 2 aromatic rings. The van der Waals surface area contributed by atoms with Crippen LogP contribution in [0.2, 0.25) is 0 Å². The third-order valence-corrected chi connectivity index (χ3v) is 4.78. The molecule has 0 saturated carbocycles. The minimum atomic E-state index is 0.359. The van der Waals surface area contributed by atoms with Crippen molar-refractivity contribution in [2.75, 3.05) is 18.5 Å². The van der Waals surface area contributed by atoms with Gasteiger partial charge in [0.05, 0.1) is 0 Å². The van der Waals surface area contributed by atoms with Crippen LogP contribution >= 0.6 is 11.3 Å². The van der Waals surface area contributed by atoms with E-state index in [1.54, 1.807) is 0 Å². The predicted octanol–water partition coefficient (Wildman–Crippen LogP) is 3.88. The van der Waals surface area contributed by atoms with E-state index >= 15 is 0 Å². The van der Waals surface area contributed by atoms with Gasteiger partial charge in [-0.25, -0.2) is 4.98 Å². The fourth-order valence-electron chi connectivity index (χ4n) is 2.40. The largest absolute Gasteiger partial charge is 0.357 e. The first-order valence-electron chi connectivity index (χ1n) is 7.56. The Balaban J connectivity index is 2.07. The van der Waals surface area contributed by atoms with Gasteiger partial charge in [-0.1, -0.05) is 13.0 Å². The molecule has 21 heavy (non-hydrogen) atoms. The Morgan fingerprint density at radius 3 is 2.81 bits per heavy atom. The van der Waals surface area contributed by atoms with E-state index in [1.807, 2.05) is 17.5 Å². The number of anilines is 1. The van der Waals surface area contributed by atoms with Crippen molar-refractivity contribution in [2.24, 2.45) is 0 Å². The summed E-state index contributed by atoms with van der Waals surface area (Å²) in [7, 11) is 2.13. The zero-order valence-electron chi connectivity index (χ0n) is 13.3. The summed E-state index contributed by atoms with van der Waals surface area (Å²) < 4.78 is 0. The molecule has 0 bridgehead atoms. The summed E-state index contributed by atoms with van der Waals surface area (Å²) in [5.41, 5.74) is 1.29. The fraction of sp³-hybridized carbons (Fsp3) is 0.471. The van der Waals surface area contributed by atoms with Gasteiger partial charge in [0.15, 0.2) is 0 Å². The number of pyridine rings is 1. The molecule has 0 amide bonds. The van der Waals surface area contributed by atoms with E-state index in [0.717, 1.165) is 18.8 Å². The molecule has 0 saturated heterocycles. The van der Waals surface area contributed by atoms with E-state index < -0.39 is 0 Å². The molecular formula is C17H25N3S. The summed E-state index contributed by atoms with van der Waals surface area (Å²) in [6.45, 7) is 7.55. The number of aromatic nitrogens is 1. The van der Waals surface area contributed by atoms with Crippen LogP contribution in [-0.4, -0.2) is 24.6 Å². The molecule has 0 spiro atoms. The zero-order valence-corrected chi connectivity index (χ0v) is 14.2.